The maximum absolute atomic E-state index is 13.7. The van der Waals surface area contributed by atoms with Gasteiger partial charge in [0.2, 0.25) is 0 Å². The highest BCUT2D eigenvalue weighted by Gasteiger charge is 2.29. The molecule has 8 nitrogen and oxygen atoms in total. The summed E-state index contributed by atoms with van der Waals surface area (Å²) >= 11 is 1.67. The van der Waals surface area contributed by atoms with Crippen molar-refractivity contribution in [2.75, 3.05) is 39.3 Å². The van der Waals surface area contributed by atoms with Gasteiger partial charge in [0.25, 0.3) is 5.91 Å². The highest BCUT2D eigenvalue weighted by molar-refractivity contribution is 7.15. The fourth-order valence-corrected chi connectivity index (χ4v) is 5.06. The molecule has 33 heavy (non-hydrogen) atoms. The van der Waals surface area contributed by atoms with Gasteiger partial charge in [0.1, 0.15) is 0 Å². The number of urea groups is 1. The summed E-state index contributed by atoms with van der Waals surface area (Å²) in [4.78, 5) is 39.0. The third kappa shape index (κ3) is 4.46. The standard InChI is InChI=1S/C24H32N6O2S/c1-6-27(7-2)24(32)29-12-10-28(11-13-29)23(31)18-14-20(21-9-8-17(5)33-21)26-22-19(18)15-25-30(22)16(3)4/h8-9,14-16H,6-7,10-13H2,1-5H3. The van der Waals surface area contributed by atoms with E-state index in [4.69, 9.17) is 4.98 Å². The van der Waals surface area contributed by atoms with Crippen LogP contribution in [0, 0.1) is 6.92 Å². The van der Waals surface area contributed by atoms with Crippen molar-refractivity contribution >= 4 is 34.3 Å². The molecule has 9 heteroatoms. The van der Waals surface area contributed by atoms with Gasteiger partial charge >= 0.3 is 6.03 Å². The van der Waals surface area contributed by atoms with E-state index in [0.29, 0.717) is 44.8 Å². The van der Waals surface area contributed by atoms with Gasteiger partial charge in [0, 0.05) is 50.2 Å². The number of hydrogen-bond acceptors (Lipinski definition) is 5. The van der Waals surface area contributed by atoms with E-state index in [-0.39, 0.29) is 18.0 Å². The van der Waals surface area contributed by atoms with Crippen LogP contribution in [-0.4, -0.2) is 80.7 Å². The highest BCUT2D eigenvalue weighted by Crippen LogP contribution is 2.31. The Morgan fingerprint density at radius 2 is 1.76 bits per heavy atom. The van der Waals surface area contributed by atoms with Crippen molar-refractivity contribution in [3.05, 3.63) is 34.8 Å². The minimum atomic E-state index is -0.0322. The summed E-state index contributed by atoms with van der Waals surface area (Å²) in [5.41, 5.74) is 2.14. The predicted molar refractivity (Wildman–Crippen MR) is 132 cm³/mol. The van der Waals surface area contributed by atoms with Crippen LogP contribution in [0.3, 0.4) is 0 Å². The molecule has 0 radical (unpaired) electrons. The number of thiophene rings is 1. The molecule has 1 fully saturated rings. The summed E-state index contributed by atoms with van der Waals surface area (Å²) in [6.45, 7) is 13.6. The summed E-state index contributed by atoms with van der Waals surface area (Å²) in [5.74, 6) is -0.0322. The molecule has 0 atom stereocenters. The Hall–Kier alpha value is -2.94. The van der Waals surface area contributed by atoms with Crippen LogP contribution in [0.2, 0.25) is 0 Å². The average Bonchev–Trinajstić information content (AvgIpc) is 3.45. The second-order valence-corrected chi connectivity index (χ2v) is 9.91. The van der Waals surface area contributed by atoms with Crippen molar-refractivity contribution in [3.63, 3.8) is 0 Å². The Labute approximate surface area is 198 Å². The van der Waals surface area contributed by atoms with E-state index >= 15 is 0 Å². The molecule has 0 unspecified atom stereocenters. The smallest absolute Gasteiger partial charge is 0.320 e. The largest absolute Gasteiger partial charge is 0.335 e. The lowest BCUT2D eigenvalue weighted by Crippen LogP contribution is -2.54. The topological polar surface area (TPSA) is 74.6 Å². The van der Waals surface area contributed by atoms with E-state index in [2.05, 4.69) is 38.0 Å². The van der Waals surface area contributed by atoms with Crippen molar-refractivity contribution < 1.29 is 9.59 Å². The van der Waals surface area contributed by atoms with Crippen LogP contribution < -0.4 is 0 Å². The zero-order valence-electron chi connectivity index (χ0n) is 20.0. The summed E-state index contributed by atoms with van der Waals surface area (Å²) in [7, 11) is 0. The fraction of sp³-hybridized carbons (Fsp3) is 0.500. The minimum absolute atomic E-state index is 0.0322. The van der Waals surface area contributed by atoms with Gasteiger partial charge in [-0.05, 0) is 52.8 Å². The molecule has 176 valence electrons. The lowest BCUT2D eigenvalue weighted by Gasteiger charge is -2.37. The molecule has 0 aliphatic carbocycles. The first kappa shape index (κ1) is 23.2. The fourth-order valence-electron chi connectivity index (χ4n) is 4.24. The van der Waals surface area contributed by atoms with Crippen molar-refractivity contribution in [1.82, 2.24) is 29.5 Å². The van der Waals surface area contributed by atoms with E-state index in [1.165, 1.54) is 4.88 Å². The third-order valence-electron chi connectivity index (χ3n) is 6.15. The van der Waals surface area contributed by atoms with E-state index in [1.54, 1.807) is 17.5 Å². The van der Waals surface area contributed by atoms with Gasteiger partial charge in [-0.25, -0.2) is 14.5 Å². The van der Waals surface area contributed by atoms with Crippen LogP contribution in [0.25, 0.3) is 21.6 Å². The molecule has 0 spiro atoms. The van der Waals surface area contributed by atoms with Crippen LogP contribution in [0.5, 0.6) is 0 Å². The number of amides is 3. The summed E-state index contributed by atoms with van der Waals surface area (Å²) in [6, 6.07) is 6.20. The van der Waals surface area contributed by atoms with Crippen molar-refractivity contribution in [3.8, 4) is 10.6 Å². The van der Waals surface area contributed by atoms with Crippen molar-refractivity contribution in [2.45, 2.75) is 40.7 Å². The van der Waals surface area contributed by atoms with Crippen molar-refractivity contribution in [2.24, 2.45) is 0 Å². The van der Waals surface area contributed by atoms with Crippen LogP contribution in [0.4, 0.5) is 4.79 Å². The van der Waals surface area contributed by atoms with Gasteiger partial charge in [0.05, 0.1) is 27.7 Å². The molecule has 0 N–H and O–H groups in total. The second kappa shape index (κ2) is 9.51. The molecule has 0 aromatic carbocycles. The molecule has 3 aromatic rings. The molecule has 1 aliphatic rings. The van der Waals surface area contributed by atoms with Crippen LogP contribution in [0.15, 0.2) is 24.4 Å². The molecule has 0 saturated carbocycles. The number of carbonyl (C=O) groups is 2. The van der Waals surface area contributed by atoms with Crippen LogP contribution in [-0.2, 0) is 0 Å². The molecule has 0 bridgehead atoms. The number of aromatic nitrogens is 3. The van der Waals surface area contributed by atoms with E-state index in [9.17, 15) is 9.59 Å². The summed E-state index contributed by atoms with van der Waals surface area (Å²) in [6.07, 6.45) is 1.75. The second-order valence-electron chi connectivity index (χ2n) is 8.62. The number of piperazine rings is 1. The Bertz CT molecular complexity index is 1160. The highest BCUT2D eigenvalue weighted by atomic mass is 32.1. The van der Waals surface area contributed by atoms with E-state index in [0.717, 1.165) is 21.6 Å². The van der Waals surface area contributed by atoms with Gasteiger partial charge < -0.3 is 14.7 Å². The summed E-state index contributed by atoms with van der Waals surface area (Å²) < 4.78 is 1.87. The Kier molecular flexibility index (Phi) is 6.69. The van der Waals surface area contributed by atoms with Crippen LogP contribution >= 0.6 is 11.3 Å². The average molecular weight is 469 g/mol. The number of rotatable bonds is 5. The van der Waals surface area contributed by atoms with E-state index < -0.39 is 0 Å². The van der Waals surface area contributed by atoms with Gasteiger partial charge in [-0.1, -0.05) is 0 Å². The molecule has 1 saturated heterocycles. The first-order valence-electron chi connectivity index (χ1n) is 11.6. The lowest BCUT2D eigenvalue weighted by molar-refractivity contribution is 0.0643. The SMILES string of the molecule is CCN(CC)C(=O)N1CCN(C(=O)c2cc(-c3ccc(C)s3)nc3c2cnn3C(C)C)CC1. The normalized spacial score (nSPS) is 14.4. The number of nitrogens with zero attached hydrogens (tertiary/aromatic N) is 6. The predicted octanol–water partition coefficient (Wildman–Crippen LogP) is 4.27. The molecule has 3 amide bonds. The van der Waals surface area contributed by atoms with Crippen molar-refractivity contribution in [1.29, 1.82) is 0 Å². The quantitative estimate of drug-likeness (QED) is 0.561. The van der Waals surface area contributed by atoms with Crippen LogP contribution in [0.1, 0.15) is 49.0 Å². The van der Waals surface area contributed by atoms with Gasteiger partial charge in [0.15, 0.2) is 5.65 Å². The first-order chi connectivity index (χ1) is 15.8. The van der Waals surface area contributed by atoms with Gasteiger partial charge in [-0.3, -0.25) is 4.79 Å². The Morgan fingerprint density at radius 3 is 2.33 bits per heavy atom. The monoisotopic (exact) mass is 468 g/mol. The number of carbonyl (C=O) groups excluding carboxylic acids is 2. The Morgan fingerprint density at radius 1 is 1.09 bits per heavy atom. The molecule has 1 aliphatic heterocycles. The molecular weight excluding hydrogens is 436 g/mol. The number of pyridine rings is 1. The zero-order valence-corrected chi connectivity index (χ0v) is 20.9. The van der Waals surface area contributed by atoms with Gasteiger partial charge in [-0.2, -0.15) is 5.10 Å². The minimum Gasteiger partial charge on any atom is -0.335 e. The molecule has 4 heterocycles. The summed E-state index contributed by atoms with van der Waals surface area (Å²) in [5, 5.41) is 5.30. The number of aryl methyl sites for hydroxylation is 1. The maximum atomic E-state index is 13.7. The van der Waals surface area contributed by atoms with E-state index in [1.807, 2.05) is 39.3 Å². The molecule has 4 rings (SSSR count). The maximum Gasteiger partial charge on any atom is 0.320 e. The molecular formula is C24H32N6O2S. The molecule has 3 aromatic heterocycles. The zero-order chi connectivity index (χ0) is 23.7. The number of hydrogen-bond donors (Lipinski definition) is 0. The lowest BCUT2D eigenvalue weighted by atomic mass is 10.1. The third-order valence-corrected chi connectivity index (χ3v) is 7.17. The first-order valence-corrected chi connectivity index (χ1v) is 12.4. The number of fused-ring (bicyclic) bond motifs is 1. The Balaban J connectivity index is 1.64. The van der Waals surface area contributed by atoms with Gasteiger partial charge in [-0.15, -0.1) is 11.3 Å².